The van der Waals surface area contributed by atoms with E-state index in [2.05, 4.69) is 0 Å². The monoisotopic (exact) mass is 342 g/mol. The second-order valence-corrected chi connectivity index (χ2v) is 6.59. The standard InChI is InChI=1S/C19H15ClO4/c1-19(22)10-13(11-6-2-4-8-14(11)20)16-17(24-19)12-7-3-5-9-15(12)23-18(16)21/h2-9,13,22H,10H2,1H3. The fourth-order valence-electron chi connectivity index (χ4n) is 3.31. The van der Waals surface area contributed by atoms with Gasteiger partial charge in [-0.1, -0.05) is 41.9 Å². The van der Waals surface area contributed by atoms with E-state index in [0.717, 1.165) is 5.56 Å². The van der Waals surface area contributed by atoms with Gasteiger partial charge < -0.3 is 14.3 Å². The lowest BCUT2D eigenvalue weighted by Crippen LogP contribution is -2.40. The molecule has 0 radical (unpaired) electrons. The number of hydrogen-bond acceptors (Lipinski definition) is 4. The number of halogens is 1. The van der Waals surface area contributed by atoms with Gasteiger partial charge in [-0.2, -0.15) is 0 Å². The van der Waals surface area contributed by atoms with Gasteiger partial charge in [0.25, 0.3) is 0 Å². The van der Waals surface area contributed by atoms with Crippen LogP contribution >= 0.6 is 11.6 Å². The second-order valence-electron chi connectivity index (χ2n) is 6.18. The van der Waals surface area contributed by atoms with Crippen LogP contribution in [0.15, 0.2) is 57.7 Å². The Bertz CT molecular complexity index is 990. The smallest absolute Gasteiger partial charge is 0.343 e. The van der Waals surface area contributed by atoms with Crippen LogP contribution in [0, 0.1) is 0 Å². The van der Waals surface area contributed by atoms with Crippen molar-refractivity contribution < 1.29 is 14.3 Å². The van der Waals surface area contributed by atoms with E-state index in [1.165, 1.54) is 0 Å². The highest BCUT2D eigenvalue weighted by molar-refractivity contribution is 6.31. The number of ether oxygens (including phenoxy) is 1. The summed E-state index contributed by atoms with van der Waals surface area (Å²) in [5.41, 5.74) is 1.13. The van der Waals surface area contributed by atoms with Gasteiger partial charge >= 0.3 is 5.63 Å². The van der Waals surface area contributed by atoms with Gasteiger partial charge in [0.1, 0.15) is 11.3 Å². The molecule has 4 rings (SSSR count). The highest BCUT2D eigenvalue weighted by atomic mass is 35.5. The van der Waals surface area contributed by atoms with Crippen LogP contribution in [0.5, 0.6) is 5.75 Å². The summed E-state index contributed by atoms with van der Waals surface area (Å²) in [7, 11) is 0. The Morgan fingerprint density at radius 2 is 1.88 bits per heavy atom. The zero-order valence-electron chi connectivity index (χ0n) is 13.0. The molecule has 2 atom stereocenters. The minimum atomic E-state index is -1.41. The van der Waals surface area contributed by atoms with E-state index in [0.29, 0.717) is 27.3 Å². The molecule has 4 nitrogen and oxygen atoms in total. The summed E-state index contributed by atoms with van der Waals surface area (Å²) < 4.78 is 11.2. The van der Waals surface area contributed by atoms with Crippen molar-refractivity contribution in [2.24, 2.45) is 0 Å². The Labute approximate surface area is 143 Å². The van der Waals surface area contributed by atoms with Gasteiger partial charge in [0, 0.05) is 24.3 Å². The third kappa shape index (κ3) is 2.39. The zero-order chi connectivity index (χ0) is 16.9. The van der Waals surface area contributed by atoms with Crippen LogP contribution < -0.4 is 10.4 Å². The topological polar surface area (TPSA) is 59.7 Å². The molecule has 0 bridgehead atoms. The molecule has 1 aliphatic heterocycles. The van der Waals surface area contributed by atoms with E-state index in [-0.39, 0.29) is 6.42 Å². The van der Waals surface area contributed by atoms with E-state index in [9.17, 15) is 9.90 Å². The number of rotatable bonds is 1. The van der Waals surface area contributed by atoms with E-state index >= 15 is 0 Å². The van der Waals surface area contributed by atoms with Gasteiger partial charge in [0.2, 0.25) is 5.79 Å². The van der Waals surface area contributed by atoms with Gasteiger partial charge in [-0.05, 0) is 23.8 Å². The van der Waals surface area contributed by atoms with Crippen molar-refractivity contribution in [3.63, 3.8) is 0 Å². The molecule has 1 aliphatic rings. The molecule has 0 aliphatic carbocycles. The lowest BCUT2D eigenvalue weighted by atomic mass is 9.83. The first-order valence-electron chi connectivity index (χ1n) is 7.68. The average Bonchev–Trinajstić information content (AvgIpc) is 2.54. The molecular weight excluding hydrogens is 328 g/mol. The van der Waals surface area contributed by atoms with E-state index in [1.807, 2.05) is 30.3 Å². The number of hydrogen-bond donors (Lipinski definition) is 1. The van der Waals surface area contributed by atoms with Gasteiger partial charge in [0.05, 0.1) is 10.9 Å². The molecule has 5 heteroatoms. The van der Waals surface area contributed by atoms with Gasteiger partial charge in [-0.25, -0.2) is 4.79 Å². The van der Waals surface area contributed by atoms with Crippen LogP contribution in [0.3, 0.4) is 0 Å². The summed E-state index contributed by atoms with van der Waals surface area (Å²) in [6.07, 6.45) is 0.215. The van der Waals surface area contributed by atoms with Crippen LogP contribution in [-0.4, -0.2) is 10.9 Å². The fraction of sp³-hybridized carbons (Fsp3) is 0.211. The molecule has 3 aromatic rings. The van der Waals surface area contributed by atoms with Crippen molar-refractivity contribution in [1.82, 2.24) is 0 Å². The Balaban J connectivity index is 2.05. The molecule has 2 unspecified atom stereocenters. The van der Waals surface area contributed by atoms with Gasteiger partial charge in [0.15, 0.2) is 0 Å². The summed E-state index contributed by atoms with van der Waals surface area (Å²) in [6, 6.07) is 14.4. The molecule has 1 aromatic heterocycles. The first-order chi connectivity index (χ1) is 11.5. The first kappa shape index (κ1) is 15.2. The molecule has 2 heterocycles. The Kier molecular flexibility index (Phi) is 3.41. The fourth-order valence-corrected chi connectivity index (χ4v) is 3.58. The van der Waals surface area contributed by atoms with Gasteiger partial charge in [-0.15, -0.1) is 0 Å². The average molecular weight is 343 g/mol. The predicted molar refractivity (Wildman–Crippen MR) is 91.6 cm³/mol. The van der Waals surface area contributed by atoms with Crippen LogP contribution in [0.4, 0.5) is 0 Å². The SMILES string of the molecule is CC1(O)CC(c2ccccc2Cl)c2c(c3ccccc3oc2=O)O1. The maximum atomic E-state index is 12.6. The summed E-state index contributed by atoms with van der Waals surface area (Å²) in [5.74, 6) is -1.45. The van der Waals surface area contributed by atoms with Crippen molar-refractivity contribution in [2.75, 3.05) is 0 Å². The summed E-state index contributed by atoms with van der Waals surface area (Å²) in [6.45, 7) is 1.59. The molecule has 24 heavy (non-hydrogen) atoms. The number of aliphatic hydroxyl groups is 1. The molecule has 0 fully saturated rings. The van der Waals surface area contributed by atoms with E-state index in [4.69, 9.17) is 20.8 Å². The van der Waals surface area contributed by atoms with Crippen molar-refractivity contribution in [1.29, 1.82) is 0 Å². The number of fused-ring (bicyclic) bond motifs is 3. The highest BCUT2D eigenvalue weighted by Gasteiger charge is 2.40. The zero-order valence-corrected chi connectivity index (χ0v) is 13.7. The van der Waals surface area contributed by atoms with Gasteiger partial charge in [-0.3, -0.25) is 0 Å². The van der Waals surface area contributed by atoms with Crippen LogP contribution in [0.25, 0.3) is 11.0 Å². The molecular formula is C19H15ClO4. The predicted octanol–water partition coefficient (Wildman–Crippen LogP) is 4.07. The summed E-state index contributed by atoms with van der Waals surface area (Å²) in [5, 5.41) is 11.8. The lowest BCUT2D eigenvalue weighted by molar-refractivity contribution is -0.136. The summed E-state index contributed by atoms with van der Waals surface area (Å²) in [4.78, 5) is 12.6. The third-order valence-corrected chi connectivity index (χ3v) is 4.68. The molecule has 0 spiro atoms. The van der Waals surface area contributed by atoms with Crippen molar-refractivity contribution in [2.45, 2.75) is 25.0 Å². The lowest BCUT2D eigenvalue weighted by Gasteiger charge is -2.36. The normalized spacial score (nSPS) is 22.9. The third-order valence-electron chi connectivity index (χ3n) is 4.33. The van der Waals surface area contributed by atoms with Crippen molar-refractivity contribution in [3.05, 3.63) is 75.1 Å². The maximum Gasteiger partial charge on any atom is 0.343 e. The van der Waals surface area contributed by atoms with E-state index in [1.54, 1.807) is 25.1 Å². The molecule has 0 saturated carbocycles. The minimum absolute atomic E-state index is 0.215. The number of para-hydroxylation sites is 1. The second kappa shape index (κ2) is 5.36. The largest absolute Gasteiger partial charge is 0.461 e. The maximum absolute atomic E-state index is 12.6. The highest BCUT2D eigenvalue weighted by Crippen LogP contribution is 2.46. The first-order valence-corrected chi connectivity index (χ1v) is 8.06. The molecule has 1 N–H and O–H groups in total. The van der Waals surface area contributed by atoms with Crippen LogP contribution in [-0.2, 0) is 0 Å². The Morgan fingerprint density at radius 3 is 2.67 bits per heavy atom. The van der Waals surface area contributed by atoms with Crippen molar-refractivity contribution in [3.8, 4) is 5.75 Å². The molecule has 0 amide bonds. The van der Waals surface area contributed by atoms with Crippen LogP contribution in [0.1, 0.15) is 30.4 Å². The molecule has 122 valence electrons. The quantitative estimate of drug-likeness (QED) is 0.677. The minimum Gasteiger partial charge on any atom is -0.461 e. The van der Waals surface area contributed by atoms with Crippen molar-refractivity contribution >= 4 is 22.6 Å². The molecule has 0 saturated heterocycles. The molecule has 2 aromatic carbocycles. The number of benzene rings is 2. The van der Waals surface area contributed by atoms with E-state index < -0.39 is 17.3 Å². The Morgan fingerprint density at radius 1 is 1.17 bits per heavy atom. The summed E-state index contributed by atoms with van der Waals surface area (Å²) >= 11 is 6.33. The van der Waals surface area contributed by atoms with Crippen LogP contribution in [0.2, 0.25) is 5.02 Å². The Hall–Kier alpha value is -2.30.